The maximum absolute atomic E-state index is 13.6. The molecule has 1 atom stereocenters. The smallest absolute Gasteiger partial charge is 0.126 e. The third-order valence-electron chi connectivity index (χ3n) is 2.66. The van der Waals surface area contributed by atoms with Crippen LogP contribution in [-0.2, 0) is 0 Å². The number of benzene rings is 1. The van der Waals surface area contributed by atoms with Gasteiger partial charge in [0.05, 0.1) is 6.10 Å². The molecule has 5 heteroatoms. The number of aliphatic hydroxyl groups is 1. The standard InChI is InChI=1S/C14H13BrFNOS/c1-8-5-13(11(9(2)18)6-12(8)16)19-14-4-3-10(15)7-17-14/h3-7,9,18H,1-2H3. The Balaban J connectivity index is 2.38. The summed E-state index contributed by atoms with van der Waals surface area (Å²) in [5.74, 6) is -0.302. The number of hydrogen-bond donors (Lipinski definition) is 1. The summed E-state index contributed by atoms with van der Waals surface area (Å²) < 4.78 is 14.5. The van der Waals surface area contributed by atoms with E-state index in [0.717, 1.165) is 14.4 Å². The Labute approximate surface area is 124 Å². The molecule has 0 aliphatic carbocycles. The van der Waals surface area contributed by atoms with E-state index < -0.39 is 6.10 Å². The van der Waals surface area contributed by atoms with Gasteiger partial charge in [0.2, 0.25) is 0 Å². The van der Waals surface area contributed by atoms with E-state index in [-0.39, 0.29) is 5.82 Å². The fraction of sp³-hybridized carbons (Fsp3) is 0.214. The summed E-state index contributed by atoms with van der Waals surface area (Å²) in [6.07, 6.45) is 0.994. The van der Waals surface area contributed by atoms with Gasteiger partial charge in [0.15, 0.2) is 0 Å². The topological polar surface area (TPSA) is 33.1 Å². The molecule has 0 aliphatic rings. The van der Waals surface area contributed by atoms with Crippen LogP contribution >= 0.6 is 27.7 Å². The third-order valence-corrected chi connectivity index (χ3v) is 4.15. The van der Waals surface area contributed by atoms with Crippen molar-refractivity contribution in [3.8, 4) is 0 Å². The van der Waals surface area contributed by atoms with Gasteiger partial charge in [-0.3, -0.25) is 0 Å². The molecule has 2 rings (SSSR count). The first-order valence-electron chi connectivity index (χ1n) is 5.75. The molecule has 1 aromatic carbocycles. The molecule has 1 aromatic heterocycles. The van der Waals surface area contributed by atoms with Crippen molar-refractivity contribution in [2.24, 2.45) is 0 Å². The molecular formula is C14H13BrFNOS. The summed E-state index contributed by atoms with van der Waals surface area (Å²) in [5, 5.41) is 10.5. The molecule has 0 aliphatic heterocycles. The Bertz CT molecular complexity index is 587. The van der Waals surface area contributed by atoms with Gasteiger partial charge in [0.1, 0.15) is 10.8 Å². The monoisotopic (exact) mass is 341 g/mol. The zero-order valence-corrected chi connectivity index (χ0v) is 12.9. The molecular weight excluding hydrogens is 329 g/mol. The van der Waals surface area contributed by atoms with Gasteiger partial charge in [-0.1, -0.05) is 11.8 Å². The van der Waals surface area contributed by atoms with Crippen LogP contribution in [-0.4, -0.2) is 10.1 Å². The molecule has 19 heavy (non-hydrogen) atoms. The number of pyridine rings is 1. The van der Waals surface area contributed by atoms with E-state index in [1.807, 2.05) is 12.1 Å². The minimum atomic E-state index is -0.715. The van der Waals surface area contributed by atoms with Crippen LogP contribution in [0.1, 0.15) is 24.2 Å². The molecule has 0 spiro atoms. The highest BCUT2D eigenvalue weighted by Gasteiger charge is 2.13. The minimum Gasteiger partial charge on any atom is -0.389 e. The van der Waals surface area contributed by atoms with Gasteiger partial charge >= 0.3 is 0 Å². The van der Waals surface area contributed by atoms with Gasteiger partial charge in [-0.15, -0.1) is 0 Å². The lowest BCUT2D eigenvalue weighted by atomic mass is 10.1. The zero-order valence-electron chi connectivity index (χ0n) is 10.5. The second kappa shape index (κ2) is 6.03. The van der Waals surface area contributed by atoms with E-state index in [1.54, 1.807) is 26.1 Å². The Morgan fingerprint density at radius 1 is 1.37 bits per heavy atom. The first-order valence-corrected chi connectivity index (χ1v) is 7.36. The number of aryl methyl sites for hydroxylation is 1. The first kappa shape index (κ1) is 14.5. The highest BCUT2D eigenvalue weighted by Crippen LogP contribution is 2.34. The molecule has 1 N–H and O–H groups in total. The van der Waals surface area contributed by atoms with Crippen molar-refractivity contribution >= 4 is 27.7 Å². The second-order valence-electron chi connectivity index (χ2n) is 4.23. The first-order chi connectivity index (χ1) is 8.97. The van der Waals surface area contributed by atoms with Crippen molar-refractivity contribution in [2.75, 3.05) is 0 Å². The average Bonchev–Trinajstić information content (AvgIpc) is 2.36. The summed E-state index contributed by atoms with van der Waals surface area (Å²) in [7, 11) is 0. The number of rotatable bonds is 3. The van der Waals surface area contributed by atoms with Crippen molar-refractivity contribution in [2.45, 2.75) is 29.9 Å². The van der Waals surface area contributed by atoms with Gasteiger partial charge in [-0.25, -0.2) is 9.37 Å². The summed E-state index contributed by atoms with van der Waals surface area (Å²) in [4.78, 5) is 5.09. The van der Waals surface area contributed by atoms with Gasteiger partial charge in [0, 0.05) is 15.6 Å². The number of halogens is 2. The van der Waals surface area contributed by atoms with E-state index in [0.29, 0.717) is 11.1 Å². The summed E-state index contributed by atoms with van der Waals surface area (Å²) in [5.41, 5.74) is 1.14. The largest absolute Gasteiger partial charge is 0.389 e. The van der Waals surface area contributed by atoms with E-state index >= 15 is 0 Å². The van der Waals surface area contributed by atoms with Crippen LogP contribution in [0.3, 0.4) is 0 Å². The van der Waals surface area contributed by atoms with Gasteiger partial charge in [-0.05, 0) is 65.2 Å². The van der Waals surface area contributed by atoms with E-state index in [2.05, 4.69) is 20.9 Å². The van der Waals surface area contributed by atoms with Crippen molar-refractivity contribution in [3.63, 3.8) is 0 Å². The lowest BCUT2D eigenvalue weighted by Gasteiger charge is -2.13. The summed E-state index contributed by atoms with van der Waals surface area (Å²) in [6, 6.07) is 6.90. The SMILES string of the molecule is Cc1cc(Sc2ccc(Br)cn2)c(C(C)O)cc1F. The van der Waals surface area contributed by atoms with Gasteiger partial charge < -0.3 is 5.11 Å². The number of nitrogens with zero attached hydrogens (tertiary/aromatic N) is 1. The van der Waals surface area contributed by atoms with E-state index in [9.17, 15) is 9.50 Å². The van der Waals surface area contributed by atoms with Crippen LogP contribution in [0, 0.1) is 12.7 Å². The lowest BCUT2D eigenvalue weighted by Crippen LogP contribution is -1.97. The van der Waals surface area contributed by atoms with Crippen LogP contribution in [0.25, 0.3) is 0 Å². The fourth-order valence-corrected chi connectivity index (χ4v) is 2.90. The molecule has 100 valence electrons. The van der Waals surface area contributed by atoms with Crippen LogP contribution in [0.5, 0.6) is 0 Å². The third kappa shape index (κ3) is 3.55. The molecule has 0 amide bonds. The number of aromatic nitrogens is 1. The van der Waals surface area contributed by atoms with Crippen molar-refractivity contribution in [1.82, 2.24) is 4.98 Å². The van der Waals surface area contributed by atoms with Crippen LogP contribution in [0.2, 0.25) is 0 Å². The van der Waals surface area contributed by atoms with Crippen molar-refractivity contribution in [1.29, 1.82) is 0 Å². The van der Waals surface area contributed by atoms with Crippen LogP contribution < -0.4 is 0 Å². The number of aliphatic hydroxyl groups excluding tert-OH is 1. The molecule has 0 saturated heterocycles. The summed E-state index contributed by atoms with van der Waals surface area (Å²) in [6.45, 7) is 3.34. The molecule has 2 aromatic rings. The highest BCUT2D eigenvalue weighted by atomic mass is 79.9. The average molecular weight is 342 g/mol. The van der Waals surface area contributed by atoms with Crippen molar-refractivity contribution < 1.29 is 9.50 Å². The predicted molar refractivity (Wildman–Crippen MR) is 77.8 cm³/mol. The van der Waals surface area contributed by atoms with E-state index in [1.165, 1.54) is 17.8 Å². The fourth-order valence-electron chi connectivity index (χ4n) is 1.62. The Hall–Kier alpha value is -0.910. The molecule has 2 nitrogen and oxygen atoms in total. The molecule has 0 saturated carbocycles. The molecule has 1 unspecified atom stereocenters. The minimum absolute atomic E-state index is 0.302. The zero-order chi connectivity index (χ0) is 14.0. The highest BCUT2D eigenvalue weighted by molar-refractivity contribution is 9.10. The molecule has 0 radical (unpaired) electrons. The molecule has 1 heterocycles. The maximum Gasteiger partial charge on any atom is 0.126 e. The predicted octanol–water partition coefficient (Wildman–Crippen LogP) is 4.50. The quantitative estimate of drug-likeness (QED) is 0.892. The number of hydrogen-bond acceptors (Lipinski definition) is 3. The molecule has 0 bridgehead atoms. The van der Waals surface area contributed by atoms with Crippen LogP contribution in [0.4, 0.5) is 4.39 Å². The second-order valence-corrected chi connectivity index (χ2v) is 6.21. The Morgan fingerprint density at radius 2 is 2.11 bits per heavy atom. The van der Waals surface area contributed by atoms with Gasteiger partial charge in [-0.2, -0.15) is 0 Å². The maximum atomic E-state index is 13.6. The Morgan fingerprint density at radius 3 is 2.68 bits per heavy atom. The normalized spacial score (nSPS) is 12.5. The lowest BCUT2D eigenvalue weighted by molar-refractivity contribution is 0.196. The van der Waals surface area contributed by atoms with E-state index in [4.69, 9.17) is 0 Å². The van der Waals surface area contributed by atoms with Gasteiger partial charge in [0.25, 0.3) is 0 Å². The molecule has 0 fully saturated rings. The Kier molecular flexibility index (Phi) is 4.60. The van der Waals surface area contributed by atoms with Crippen molar-refractivity contribution in [3.05, 3.63) is 51.9 Å². The van der Waals surface area contributed by atoms with Crippen LogP contribution in [0.15, 0.2) is 44.9 Å². The summed E-state index contributed by atoms with van der Waals surface area (Å²) >= 11 is 4.74.